The van der Waals surface area contributed by atoms with Crippen molar-refractivity contribution in [3.05, 3.63) is 23.8 Å². The van der Waals surface area contributed by atoms with Gasteiger partial charge >= 0.3 is 0 Å². The van der Waals surface area contributed by atoms with Crippen LogP contribution in [0.5, 0.6) is 0 Å². The van der Waals surface area contributed by atoms with Gasteiger partial charge in [-0.3, -0.25) is 4.79 Å². The highest BCUT2D eigenvalue weighted by Gasteiger charge is 2.23. The predicted octanol–water partition coefficient (Wildman–Crippen LogP) is 5.05. The molecule has 0 saturated carbocycles. The number of carbonyl (C=O) groups excluding carboxylic acids is 1. The third kappa shape index (κ3) is 6.25. The van der Waals surface area contributed by atoms with Crippen molar-refractivity contribution in [3.8, 4) is 0 Å². The molecule has 1 heterocycles. The fourth-order valence-corrected chi connectivity index (χ4v) is 3.99. The fourth-order valence-electron chi connectivity index (χ4n) is 3.99. The molecule has 1 saturated heterocycles. The molecule has 1 fully saturated rings. The highest BCUT2D eigenvalue weighted by Crippen LogP contribution is 2.22. The predicted molar refractivity (Wildman–Crippen MR) is 98.3 cm³/mol. The molecule has 0 aromatic carbocycles. The Kier molecular flexibility index (Phi) is 7.55. The lowest BCUT2D eigenvalue weighted by Crippen LogP contribution is -2.48. The highest BCUT2D eigenvalue weighted by atomic mass is 16.1. The van der Waals surface area contributed by atoms with Crippen molar-refractivity contribution in [3.63, 3.8) is 0 Å². The molecular weight excluding hydrogens is 282 g/mol. The molecule has 0 N–H and O–H groups in total. The first kappa shape index (κ1) is 18.4. The fraction of sp³-hybridized carbons (Fsp3) is 0.762. The van der Waals surface area contributed by atoms with Crippen molar-refractivity contribution >= 4 is 5.78 Å². The maximum atomic E-state index is 12.1. The summed E-state index contributed by atoms with van der Waals surface area (Å²) in [6.07, 6.45) is 18.8. The molecule has 0 aromatic rings. The number of allylic oxidation sites excluding steroid dienone is 4. The summed E-state index contributed by atoms with van der Waals surface area (Å²) in [5.74, 6) is 0.490. The zero-order valence-electron chi connectivity index (χ0n) is 15.4. The molecule has 1 unspecified atom stereocenters. The van der Waals surface area contributed by atoms with Crippen molar-refractivity contribution in [1.29, 1.82) is 0 Å². The van der Waals surface area contributed by atoms with E-state index in [9.17, 15) is 4.79 Å². The molecule has 1 aliphatic heterocycles. The minimum Gasteiger partial charge on any atom is -0.326 e. The Hall–Kier alpha value is -0.890. The number of hydrogen-bond acceptors (Lipinski definition) is 1. The Morgan fingerprint density at radius 2 is 1.87 bits per heavy atom. The van der Waals surface area contributed by atoms with Crippen LogP contribution in [0.3, 0.4) is 0 Å². The van der Waals surface area contributed by atoms with E-state index in [1.165, 1.54) is 74.6 Å². The van der Waals surface area contributed by atoms with Crippen molar-refractivity contribution in [1.82, 2.24) is 0 Å². The largest absolute Gasteiger partial charge is 0.326 e. The van der Waals surface area contributed by atoms with E-state index < -0.39 is 0 Å². The third-order valence-electron chi connectivity index (χ3n) is 5.66. The Bertz CT molecular complexity index is 429. The van der Waals surface area contributed by atoms with Crippen LogP contribution in [-0.4, -0.2) is 36.9 Å². The van der Waals surface area contributed by atoms with E-state index in [4.69, 9.17) is 0 Å². The van der Waals surface area contributed by atoms with E-state index in [1.807, 2.05) is 6.08 Å². The first-order valence-electron chi connectivity index (χ1n) is 9.89. The molecule has 23 heavy (non-hydrogen) atoms. The minimum atomic E-state index is 0.155. The molecule has 130 valence electrons. The van der Waals surface area contributed by atoms with Crippen LogP contribution >= 0.6 is 0 Å². The molecule has 1 atom stereocenters. The molecule has 0 aromatic heterocycles. The van der Waals surface area contributed by atoms with E-state index >= 15 is 0 Å². The van der Waals surface area contributed by atoms with Gasteiger partial charge in [0.1, 0.15) is 0 Å². The van der Waals surface area contributed by atoms with Gasteiger partial charge in [-0.25, -0.2) is 0 Å². The second-order valence-electron chi connectivity index (χ2n) is 7.89. The van der Waals surface area contributed by atoms with E-state index in [1.54, 1.807) is 0 Å². The van der Waals surface area contributed by atoms with Gasteiger partial charge < -0.3 is 4.48 Å². The first-order chi connectivity index (χ1) is 11.1. The number of carbonyl (C=O) groups is 1. The van der Waals surface area contributed by atoms with Gasteiger partial charge in [-0.2, -0.15) is 0 Å². The lowest BCUT2D eigenvalue weighted by molar-refractivity contribution is -0.914. The number of nitrogens with zero attached hydrogens (tertiary/aromatic N) is 1. The first-order valence-corrected chi connectivity index (χ1v) is 9.89. The normalized spacial score (nSPS) is 23.8. The zero-order chi connectivity index (χ0) is 16.5. The van der Waals surface area contributed by atoms with Crippen LogP contribution in [0.2, 0.25) is 0 Å². The summed E-state index contributed by atoms with van der Waals surface area (Å²) in [7, 11) is 2.43. The number of rotatable bonds is 9. The number of quaternary nitrogens is 1. The number of hydrogen-bond donors (Lipinski definition) is 0. The van der Waals surface area contributed by atoms with Gasteiger partial charge in [0, 0.05) is 5.92 Å². The summed E-state index contributed by atoms with van der Waals surface area (Å²) >= 11 is 0. The molecule has 1 aliphatic carbocycles. The smallest absolute Gasteiger partial charge is 0.162 e. The van der Waals surface area contributed by atoms with Gasteiger partial charge in [-0.15, -0.1) is 0 Å². The molecule has 0 radical (unpaired) electrons. The minimum absolute atomic E-state index is 0.155. The number of ketones is 1. The van der Waals surface area contributed by atoms with Crippen LogP contribution in [0.1, 0.15) is 71.1 Å². The molecule has 2 aliphatic rings. The van der Waals surface area contributed by atoms with Gasteiger partial charge in [0.2, 0.25) is 0 Å². The van der Waals surface area contributed by atoms with E-state index in [-0.39, 0.29) is 5.92 Å². The van der Waals surface area contributed by atoms with Gasteiger partial charge in [0.25, 0.3) is 0 Å². The van der Waals surface area contributed by atoms with E-state index in [0.29, 0.717) is 5.78 Å². The Balaban J connectivity index is 1.61. The lowest BCUT2D eigenvalue weighted by atomic mass is 9.89. The SMILES string of the molecule is CCCCC1C=CC(CCCCC[N+]2(C)CCCCC2)=CC1=O. The summed E-state index contributed by atoms with van der Waals surface area (Å²) in [6.45, 7) is 6.28. The average molecular weight is 319 g/mol. The maximum absolute atomic E-state index is 12.1. The number of unbranched alkanes of at least 4 members (excludes halogenated alkanes) is 3. The van der Waals surface area contributed by atoms with Gasteiger partial charge in [0.15, 0.2) is 5.78 Å². The number of likely N-dealkylation sites (tertiary alicyclic amines) is 1. The van der Waals surface area contributed by atoms with Crippen molar-refractivity contribution in [2.24, 2.45) is 5.92 Å². The topological polar surface area (TPSA) is 17.1 Å². The molecule has 2 nitrogen and oxygen atoms in total. The van der Waals surface area contributed by atoms with Gasteiger partial charge in [-0.05, 0) is 63.0 Å². The summed E-state index contributed by atoms with van der Waals surface area (Å²) in [6, 6.07) is 0. The van der Waals surface area contributed by atoms with E-state index in [2.05, 4.69) is 26.1 Å². The summed E-state index contributed by atoms with van der Waals surface area (Å²) in [5, 5.41) is 0. The molecule has 2 rings (SSSR count). The third-order valence-corrected chi connectivity index (χ3v) is 5.66. The van der Waals surface area contributed by atoms with Crippen LogP contribution in [0, 0.1) is 5.92 Å². The zero-order valence-corrected chi connectivity index (χ0v) is 15.4. The Morgan fingerprint density at radius 3 is 2.57 bits per heavy atom. The molecular formula is C21H36NO+. The second kappa shape index (κ2) is 9.42. The van der Waals surface area contributed by atoms with Gasteiger partial charge in [0.05, 0.1) is 26.7 Å². The second-order valence-corrected chi connectivity index (χ2v) is 7.89. The van der Waals surface area contributed by atoms with Crippen molar-refractivity contribution < 1.29 is 9.28 Å². The van der Waals surface area contributed by atoms with Crippen LogP contribution in [0.4, 0.5) is 0 Å². The Labute approximate surface area is 143 Å². The summed E-state index contributed by atoms with van der Waals surface area (Å²) < 4.78 is 1.29. The van der Waals surface area contributed by atoms with Crippen LogP contribution in [0.15, 0.2) is 23.8 Å². The monoisotopic (exact) mass is 318 g/mol. The Morgan fingerprint density at radius 1 is 1.09 bits per heavy atom. The molecule has 0 amide bonds. The maximum Gasteiger partial charge on any atom is 0.162 e. The summed E-state index contributed by atoms with van der Waals surface area (Å²) in [5.41, 5.74) is 1.25. The highest BCUT2D eigenvalue weighted by molar-refractivity contribution is 5.95. The van der Waals surface area contributed by atoms with Crippen molar-refractivity contribution in [2.75, 3.05) is 26.7 Å². The number of piperidine rings is 1. The van der Waals surface area contributed by atoms with E-state index in [0.717, 1.165) is 19.3 Å². The molecule has 2 heteroatoms. The van der Waals surface area contributed by atoms with Crippen LogP contribution < -0.4 is 0 Å². The van der Waals surface area contributed by atoms with Crippen LogP contribution in [0.25, 0.3) is 0 Å². The average Bonchev–Trinajstić information content (AvgIpc) is 2.54. The van der Waals surface area contributed by atoms with Crippen molar-refractivity contribution in [2.45, 2.75) is 71.1 Å². The quantitative estimate of drug-likeness (QED) is 0.429. The summed E-state index contributed by atoms with van der Waals surface area (Å²) in [4.78, 5) is 12.1. The van der Waals surface area contributed by atoms with Gasteiger partial charge in [-0.1, -0.05) is 31.9 Å². The molecule has 0 bridgehead atoms. The standard InChI is InChI=1S/C21H36NO/c1-3-4-12-20-14-13-19(18-21(20)23)11-7-5-8-15-22(2)16-9-6-10-17-22/h13-14,18,20H,3-12,15-17H2,1-2H3/q+1. The lowest BCUT2D eigenvalue weighted by Gasteiger charge is -2.37. The van der Waals surface area contributed by atoms with Crippen LogP contribution in [-0.2, 0) is 4.79 Å². The molecule has 0 spiro atoms.